The van der Waals surface area contributed by atoms with Gasteiger partial charge in [-0.3, -0.25) is 14.4 Å². The maximum Gasteiger partial charge on any atom is 0.335 e. The van der Waals surface area contributed by atoms with E-state index in [1.807, 2.05) is 91.0 Å². The average molecular weight is 589 g/mol. The number of carbonyl (C=O) groups excluding carboxylic acids is 4. The molecule has 0 heterocycles. The first-order valence-electron chi connectivity index (χ1n) is 13.9. The van der Waals surface area contributed by atoms with Crippen molar-refractivity contribution in [2.75, 3.05) is 14.2 Å². The Hall–Kier alpha value is -3.76. The lowest BCUT2D eigenvalue weighted by molar-refractivity contribution is -0.154. The van der Waals surface area contributed by atoms with Crippen LogP contribution in [0.4, 0.5) is 0 Å². The van der Waals surface area contributed by atoms with Crippen molar-refractivity contribution in [2.24, 2.45) is 22.7 Å². The summed E-state index contributed by atoms with van der Waals surface area (Å²) in [5.41, 5.74) is -2.02. The normalized spacial score (nSPS) is 12.8. The first-order valence-corrected chi connectivity index (χ1v) is 15.7. The molecule has 42 heavy (non-hydrogen) atoms. The molecule has 1 atom stereocenters. The molecule has 3 aromatic rings. The molecular weight excluding hydrogens is 547 g/mol. The Morgan fingerprint density at radius 3 is 1.14 bits per heavy atom. The summed E-state index contributed by atoms with van der Waals surface area (Å²) in [5.74, 6) is -5.57. The maximum atomic E-state index is 14.3. The molecule has 0 saturated heterocycles. The van der Waals surface area contributed by atoms with E-state index in [1.165, 1.54) is 14.2 Å². The Balaban J connectivity index is 2.79. The molecule has 0 spiro atoms. The van der Waals surface area contributed by atoms with Crippen LogP contribution in [0.15, 0.2) is 91.0 Å². The molecule has 6 nitrogen and oxygen atoms in total. The first kappa shape index (κ1) is 32.8. The van der Waals surface area contributed by atoms with Crippen LogP contribution in [-0.2, 0) is 28.7 Å². The Labute approximate surface area is 249 Å². The van der Waals surface area contributed by atoms with E-state index in [0.717, 1.165) is 15.9 Å². The van der Waals surface area contributed by atoms with Crippen LogP contribution in [0.1, 0.15) is 41.5 Å². The fourth-order valence-electron chi connectivity index (χ4n) is 5.28. The number of methoxy groups -OCH3 is 2. The molecule has 0 amide bonds. The van der Waals surface area contributed by atoms with Crippen LogP contribution >= 0.6 is 6.89 Å². The number of Topliss-reactive ketones (excluding diaryl/α,β-unsaturated/α-hetero) is 2. The van der Waals surface area contributed by atoms with Gasteiger partial charge in [0, 0.05) is 10.8 Å². The number of ketones is 2. The number of hydrogen-bond acceptors (Lipinski definition) is 6. The molecule has 0 fully saturated rings. The van der Waals surface area contributed by atoms with E-state index in [1.54, 1.807) is 41.5 Å². The summed E-state index contributed by atoms with van der Waals surface area (Å²) >= 11 is 0. The van der Waals surface area contributed by atoms with Crippen LogP contribution in [0.25, 0.3) is 0 Å². The predicted molar refractivity (Wildman–Crippen MR) is 170 cm³/mol. The van der Waals surface area contributed by atoms with Crippen molar-refractivity contribution in [3.8, 4) is 0 Å². The third kappa shape index (κ3) is 6.34. The highest BCUT2D eigenvalue weighted by Gasteiger charge is 2.52. The zero-order valence-corrected chi connectivity index (χ0v) is 26.6. The molecule has 1 unspecified atom stereocenters. The van der Waals surface area contributed by atoms with Crippen LogP contribution in [0, 0.1) is 22.7 Å². The van der Waals surface area contributed by atoms with Gasteiger partial charge in [-0.2, -0.15) is 0 Å². The van der Waals surface area contributed by atoms with Crippen LogP contribution in [-0.4, -0.2) is 43.0 Å². The number of benzene rings is 3. The largest absolute Gasteiger partial charge is 0.469 e. The zero-order chi connectivity index (χ0) is 31.3. The molecule has 7 heteroatoms. The van der Waals surface area contributed by atoms with Crippen molar-refractivity contribution in [3.05, 3.63) is 91.0 Å². The highest BCUT2D eigenvalue weighted by Crippen LogP contribution is 2.50. The minimum Gasteiger partial charge on any atom is -0.469 e. The predicted octanol–water partition coefficient (Wildman–Crippen LogP) is 4.96. The third-order valence-electron chi connectivity index (χ3n) is 7.31. The number of rotatable bonds is 9. The SMILES string of the molecule is COC(=O)C(C(C(=O)OC)C(C(=O)C(C)(C)C)C(=O)C(C)(C)C)=P(c1ccccc1)(c1ccccc1)c1ccccc1. The molecule has 0 aliphatic heterocycles. The van der Waals surface area contributed by atoms with E-state index >= 15 is 0 Å². The number of hydrogen-bond donors (Lipinski definition) is 0. The molecule has 0 saturated carbocycles. The van der Waals surface area contributed by atoms with Crippen molar-refractivity contribution < 1.29 is 28.7 Å². The molecule has 222 valence electrons. The highest BCUT2D eigenvalue weighted by atomic mass is 31.2. The lowest BCUT2D eigenvalue weighted by Crippen LogP contribution is -2.51. The molecular formula is C35H41O6P. The molecule has 0 radical (unpaired) electrons. The summed E-state index contributed by atoms with van der Waals surface area (Å²) in [7, 11) is 2.45. The van der Waals surface area contributed by atoms with Gasteiger partial charge in [-0.25, -0.2) is 4.79 Å². The fraction of sp³-hybridized carbons (Fsp3) is 0.343. The van der Waals surface area contributed by atoms with Gasteiger partial charge in [0.25, 0.3) is 0 Å². The number of ether oxygens (including phenoxy) is 2. The molecule has 3 aromatic carbocycles. The van der Waals surface area contributed by atoms with Gasteiger partial charge in [0.2, 0.25) is 0 Å². The van der Waals surface area contributed by atoms with Crippen molar-refractivity contribution in [1.29, 1.82) is 0 Å². The highest BCUT2D eigenvalue weighted by molar-refractivity contribution is 7.96. The monoisotopic (exact) mass is 588 g/mol. The number of carbonyl (C=O) groups is 4. The van der Waals surface area contributed by atoms with Crippen molar-refractivity contribution >= 4 is 51.6 Å². The van der Waals surface area contributed by atoms with E-state index in [4.69, 9.17) is 9.47 Å². The Morgan fingerprint density at radius 2 is 0.881 bits per heavy atom. The minimum absolute atomic E-state index is 0.0423. The van der Waals surface area contributed by atoms with Crippen LogP contribution in [0.5, 0.6) is 0 Å². The maximum absolute atomic E-state index is 14.3. The van der Waals surface area contributed by atoms with E-state index < -0.39 is 53.1 Å². The quantitative estimate of drug-likeness (QED) is 0.200. The summed E-state index contributed by atoms with van der Waals surface area (Å²) in [6, 6.07) is 28.3. The van der Waals surface area contributed by atoms with Gasteiger partial charge in [0.15, 0.2) is 0 Å². The van der Waals surface area contributed by atoms with E-state index in [0.29, 0.717) is 0 Å². The van der Waals surface area contributed by atoms with Gasteiger partial charge in [0.1, 0.15) is 17.5 Å². The Kier molecular flexibility index (Phi) is 10.2. The average Bonchev–Trinajstić information content (AvgIpc) is 2.98. The van der Waals surface area contributed by atoms with Crippen molar-refractivity contribution in [2.45, 2.75) is 41.5 Å². The second-order valence-electron chi connectivity index (χ2n) is 12.3. The summed E-state index contributed by atoms with van der Waals surface area (Å²) in [4.78, 5) is 57.0. The van der Waals surface area contributed by atoms with E-state index in [9.17, 15) is 19.2 Å². The lowest BCUT2D eigenvalue weighted by atomic mass is 9.69. The van der Waals surface area contributed by atoms with Gasteiger partial charge in [-0.1, -0.05) is 133 Å². The molecule has 0 aromatic heterocycles. The topological polar surface area (TPSA) is 86.7 Å². The molecule has 0 aliphatic carbocycles. The minimum atomic E-state index is -3.26. The lowest BCUT2D eigenvalue weighted by Gasteiger charge is -2.38. The Bertz CT molecular complexity index is 1350. The summed E-state index contributed by atoms with van der Waals surface area (Å²) < 4.78 is 10.8. The van der Waals surface area contributed by atoms with Gasteiger partial charge >= 0.3 is 11.9 Å². The van der Waals surface area contributed by atoms with Gasteiger partial charge < -0.3 is 9.47 Å². The molecule has 0 bridgehead atoms. The second kappa shape index (κ2) is 13.0. The van der Waals surface area contributed by atoms with Crippen molar-refractivity contribution in [3.63, 3.8) is 0 Å². The molecule has 3 rings (SSSR count). The smallest absolute Gasteiger partial charge is 0.335 e. The molecule has 0 aliphatic rings. The summed E-state index contributed by atoms with van der Waals surface area (Å²) in [6.45, 7) is 6.98. The summed E-state index contributed by atoms with van der Waals surface area (Å²) in [5, 5.41) is 2.34. The van der Waals surface area contributed by atoms with Crippen LogP contribution in [0.3, 0.4) is 0 Å². The van der Waals surface area contributed by atoms with Gasteiger partial charge in [0.05, 0.1) is 25.4 Å². The van der Waals surface area contributed by atoms with Gasteiger partial charge in [-0.15, -0.1) is 0 Å². The summed E-state index contributed by atoms with van der Waals surface area (Å²) in [6.07, 6.45) is 0. The second-order valence-corrected chi connectivity index (χ2v) is 15.6. The molecule has 0 N–H and O–H groups in total. The van der Waals surface area contributed by atoms with E-state index in [-0.39, 0.29) is 5.29 Å². The van der Waals surface area contributed by atoms with Crippen LogP contribution in [0.2, 0.25) is 0 Å². The van der Waals surface area contributed by atoms with E-state index in [2.05, 4.69) is 0 Å². The Morgan fingerprint density at radius 1 is 0.548 bits per heavy atom. The first-order chi connectivity index (χ1) is 19.7. The van der Waals surface area contributed by atoms with Gasteiger partial charge in [-0.05, 0) is 22.8 Å². The third-order valence-corrected chi connectivity index (χ3v) is 11.7. The van der Waals surface area contributed by atoms with Crippen LogP contribution < -0.4 is 15.9 Å². The fourth-order valence-corrected chi connectivity index (χ4v) is 9.91. The zero-order valence-electron chi connectivity index (χ0n) is 25.7. The standard InChI is InChI=1S/C35H41O6P/c1-34(2,3)30(36)28(31(37)35(4,5)6)27(32(38)40-7)29(33(39)41-8)42(24-18-12-9-13-19-24,25-20-14-10-15-21-25)26-22-16-11-17-23-26/h9-23,27-28H,1-8H3. The number of esters is 2. The van der Waals surface area contributed by atoms with Crippen molar-refractivity contribution in [1.82, 2.24) is 0 Å².